The minimum Gasteiger partial charge on any atom is -0.396 e. The van der Waals surface area contributed by atoms with Gasteiger partial charge in [0.1, 0.15) is 0 Å². The molecule has 0 saturated carbocycles. The number of aliphatic hydroxyl groups is 2. The van der Waals surface area contributed by atoms with Crippen LogP contribution in [0.2, 0.25) is 0 Å². The van der Waals surface area contributed by atoms with E-state index in [-0.39, 0.29) is 13.2 Å². The highest BCUT2D eigenvalue weighted by atomic mass is 16.3. The quantitative estimate of drug-likeness (QED) is 0.308. The van der Waals surface area contributed by atoms with E-state index in [9.17, 15) is 0 Å². The molecule has 0 aromatic carbocycles. The maximum absolute atomic E-state index is 8.23. The van der Waals surface area contributed by atoms with E-state index in [1.54, 1.807) is 24.1 Å². The van der Waals surface area contributed by atoms with Crippen molar-refractivity contribution in [1.29, 1.82) is 0 Å². The van der Waals surface area contributed by atoms with E-state index < -0.39 is 0 Å². The maximum atomic E-state index is 8.23. The predicted octanol–water partition coefficient (Wildman–Crippen LogP) is -1.65. The van der Waals surface area contributed by atoms with Gasteiger partial charge in [0.05, 0.1) is 0 Å². The molecule has 0 saturated heterocycles. The van der Waals surface area contributed by atoms with Crippen molar-refractivity contribution in [2.24, 2.45) is 11.7 Å². The number of hydrogen-bond acceptors (Lipinski definition) is 6. The third kappa shape index (κ3) is 22.6. The second-order valence-electron chi connectivity index (χ2n) is 3.12. The number of hydrogen-bond donors (Lipinski definition) is 4. The zero-order valence-electron chi connectivity index (χ0n) is 9.19. The molecule has 0 atom stereocenters. The second-order valence-corrected chi connectivity index (χ2v) is 3.12. The zero-order valence-corrected chi connectivity index (χ0v) is 9.19. The van der Waals surface area contributed by atoms with Crippen molar-refractivity contribution in [3.8, 4) is 0 Å². The van der Waals surface area contributed by atoms with E-state index in [4.69, 9.17) is 21.9 Å². The van der Waals surface area contributed by atoms with Crippen LogP contribution in [0.4, 0.5) is 0 Å². The monoisotopic (exact) mass is 208 g/mol. The van der Waals surface area contributed by atoms with Crippen LogP contribution in [0.3, 0.4) is 0 Å². The highest BCUT2D eigenvalue weighted by Crippen LogP contribution is 1.75. The van der Waals surface area contributed by atoms with Gasteiger partial charge >= 0.3 is 0 Å². The van der Waals surface area contributed by atoms with Gasteiger partial charge < -0.3 is 10.2 Å². The molecule has 0 fully saturated rings. The lowest BCUT2D eigenvalue weighted by molar-refractivity contribution is 0.250. The Morgan fingerprint density at radius 2 is 1.14 bits per heavy atom. The lowest BCUT2D eigenvalue weighted by atomic mass is 10.4. The van der Waals surface area contributed by atoms with E-state index in [1.165, 1.54) is 0 Å². The molecule has 0 aromatic rings. The molecule has 0 unspecified atom stereocenters. The summed E-state index contributed by atoms with van der Waals surface area (Å²) in [6, 6.07) is 0. The second kappa shape index (κ2) is 12.8. The van der Waals surface area contributed by atoms with Crippen LogP contribution in [0.1, 0.15) is 12.8 Å². The molecule has 0 heterocycles. The summed E-state index contributed by atoms with van der Waals surface area (Å²) in [5.74, 6) is 10.4. The van der Waals surface area contributed by atoms with Crippen LogP contribution in [0.25, 0.3) is 0 Å². The Morgan fingerprint density at radius 1 is 0.857 bits per heavy atom. The Kier molecular flexibility index (Phi) is 14.8. The third-order valence-corrected chi connectivity index (χ3v) is 1.34. The first kappa shape index (κ1) is 16.2. The number of hydrazine groups is 2. The minimum absolute atomic E-state index is 0.224. The first-order valence-corrected chi connectivity index (χ1v) is 4.68. The van der Waals surface area contributed by atoms with Gasteiger partial charge in [0.25, 0.3) is 0 Å². The predicted molar refractivity (Wildman–Crippen MR) is 57.0 cm³/mol. The van der Waals surface area contributed by atoms with Gasteiger partial charge in [0.2, 0.25) is 0 Å². The van der Waals surface area contributed by atoms with Crippen LogP contribution >= 0.6 is 0 Å². The van der Waals surface area contributed by atoms with Crippen molar-refractivity contribution in [2.45, 2.75) is 12.8 Å². The lowest BCUT2D eigenvalue weighted by Crippen LogP contribution is -2.27. The van der Waals surface area contributed by atoms with Crippen molar-refractivity contribution in [2.75, 3.05) is 40.4 Å². The topological polar surface area (TPSA) is 99.0 Å². The molecule has 0 bridgehead atoms. The zero-order chi connectivity index (χ0) is 11.4. The molecule has 0 aliphatic carbocycles. The SMILES string of the molecule is CN(N)CCCO.CN(N)CCCO. The standard InChI is InChI=1S/2C4H12N2O/c2*1-6(5)3-2-4-7/h2*7H,2-5H2,1H3. The van der Waals surface area contributed by atoms with Crippen molar-refractivity contribution < 1.29 is 10.2 Å². The van der Waals surface area contributed by atoms with Crippen molar-refractivity contribution in [1.82, 2.24) is 10.0 Å². The fraction of sp³-hybridized carbons (Fsp3) is 1.00. The van der Waals surface area contributed by atoms with Crippen LogP contribution in [0.15, 0.2) is 0 Å². The summed E-state index contributed by atoms with van der Waals surface area (Å²) >= 11 is 0. The third-order valence-electron chi connectivity index (χ3n) is 1.34. The first-order chi connectivity index (χ1) is 6.54. The molecular formula is C8H24N4O2. The van der Waals surface area contributed by atoms with Gasteiger partial charge in [-0.25, -0.2) is 0 Å². The van der Waals surface area contributed by atoms with E-state index in [0.29, 0.717) is 0 Å². The molecule has 0 aromatic heterocycles. The summed E-state index contributed by atoms with van der Waals surface area (Å²) in [4.78, 5) is 0. The van der Waals surface area contributed by atoms with Crippen LogP contribution < -0.4 is 11.7 Å². The van der Waals surface area contributed by atoms with Gasteiger partial charge in [-0.05, 0) is 12.8 Å². The molecule has 0 aliphatic heterocycles. The molecule has 0 spiro atoms. The van der Waals surface area contributed by atoms with Crippen LogP contribution in [-0.2, 0) is 0 Å². The van der Waals surface area contributed by atoms with Gasteiger partial charge in [-0.1, -0.05) is 0 Å². The maximum Gasteiger partial charge on any atom is 0.0443 e. The molecule has 0 rings (SSSR count). The van der Waals surface area contributed by atoms with Gasteiger partial charge in [0.15, 0.2) is 0 Å². The van der Waals surface area contributed by atoms with Crippen LogP contribution in [0.5, 0.6) is 0 Å². The van der Waals surface area contributed by atoms with Crippen molar-refractivity contribution in [3.05, 3.63) is 0 Å². The van der Waals surface area contributed by atoms with E-state index in [0.717, 1.165) is 25.9 Å². The number of aliphatic hydroxyl groups excluding tert-OH is 2. The molecule has 88 valence electrons. The summed E-state index contributed by atoms with van der Waals surface area (Å²) in [6.45, 7) is 1.97. The van der Waals surface area contributed by atoms with E-state index in [2.05, 4.69) is 0 Å². The molecule has 0 amide bonds. The summed E-state index contributed by atoms with van der Waals surface area (Å²) < 4.78 is 0. The van der Waals surface area contributed by atoms with Crippen LogP contribution in [-0.4, -0.2) is 60.6 Å². The normalized spacial score (nSPS) is 10.3. The number of rotatable bonds is 6. The summed E-state index contributed by atoms with van der Waals surface area (Å²) in [5, 5.41) is 19.6. The largest absolute Gasteiger partial charge is 0.396 e. The lowest BCUT2D eigenvalue weighted by Gasteiger charge is -2.05. The summed E-state index contributed by atoms with van der Waals surface area (Å²) in [6.07, 6.45) is 1.51. The smallest absolute Gasteiger partial charge is 0.0443 e. The van der Waals surface area contributed by atoms with Gasteiger partial charge in [-0.15, -0.1) is 0 Å². The minimum atomic E-state index is 0.224. The van der Waals surface area contributed by atoms with Gasteiger partial charge in [-0.3, -0.25) is 21.7 Å². The Hall–Kier alpha value is -0.240. The highest BCUT2D eigenvalue weighted by Gasteiger charge is 1.85. The van der Waals surface area contributed by atoms with Crippen LogP contribution in [0, 0.1) is 0 Å². The average Bonchev–Trinajstić information content (AvgIpc) is 2.12. The van der Waals surface area contributed by atoms with Crippen molar-refractivity contribution >= 4 is 0 Å². The summed E-state index contributed by atoms with van der Waals surface area (Å²) in [5.41, 5.74) is 0. The molecule has 6 N–H and O–H groups in total. The fourth-order valence-electron chi connectivity index (χ4n) is 0.640. The van der Waals surface area contributed by atoms with Gasteiger partial charge in [0, 0.05) is 40.4 Å². The fourth-order valence-corrected chi connectivity index (χ4v) is 0.640. The number of nitrogens with zero attached hydrogens (tertiary/aromatic N) is 2. The summed E-state index contributed by atoms with van der Waals surface area (Å²) in [7, 11) is 3.55. The Balaban J connectivity index is 0. The average molecular weight is 208 g/mol. The molecular weight excluding hydrogens is 184 g/mol. The van der Waals surface area contributed by atoms with E-state index >= 15 is 0 Å². The van der Waals surface area contributed by atoms with Gasteiger partial charge in [-0.2, -0.15) is 0 Å². The van der Waals surface area contributed by atoms with Crippen molar-refractivity contribution in [3.63, 3.8) is 0 Å². The van der Waals surface area contributed by atoms with E-state index in [1.807, 2.05) is 0 Å². The Bertz CT molecular complexity index is 89.3. The molecule has 6 heteroatoms. The molecule has 0 aliphatic rings. The molecule has 0 radical (unpaired) electrons. The molecule has 6 nitrogen and oxygen atoms in total. The Morgan fingerprint density at radius 3 is 1.21 bits per heavy atom. The number of nitrogens with two attached hydrogens (primary N) is 2. The molecule has 14 heavy (non-hydrogen) atoms. The Labute approximate surface area is 86.0 Å². The first-order valence-electron chi connectivity index (χ1n) is 4.68. The highest BCUT2D eigenvalue weighted by molar-refractivity contribution is 4.37.